The molecule has 1 atom stereocenters. The van der Waals surface area contributed by atoms with Crippen molar-refractivity contribution in [2.24, 2.45) is 0 Å². The molecule has 1 aromatic carbocycles. The van der Waals surface area contributed by atoms with Gasteiger partial charge in [-0.2, -0.15) is 15.0 Å². The van der Waals surface area contributed by atoms with Gasteiger partial charge in [-0.15, -0.1) is 0 Å². The van der Waals surface area contributed by atoms with E-state index < -0.39 is 0 Å². The lowest BCUT2D eigenvalue weighted by atomic mass is 10.2. The van der Waals surface area contributed by atoms with Gasteiger partial charge in [-0.05, 0) is 30.7 Å². The summed E-state index contributed by atoms with van der Waals surface area (Å²) in [5.74, 6) is 0. The minimum absolute atomic E-state index is 0.434. The smallest absolute Gasteiger partial charge is 0.0858 e. The highest BCUT2D eigenvalue weighted by Crippen LogP contribution is 2.15. The number of anilines is 1. The Morgan fingerprint density at radius 1 is 1.18 bits per heavy atom. The van der Waals surface area contributed by atoms with E-state index in [1.54, 1.807) is 17.2 Å². The fourth-order valence-electron chi connectivity index (χ4n) is 1.92. The number of aromatic nitrogens is 3. The standard InChI is InChI=1S/C12H14N4O/c1-3-12(16-13-6-7-14-16)4-2-10(1)15-11-5-8-17-9-11/h1-4,6-7,11,15H,5,8-9H2. The molecule has 5 heteroatoms. The van der Waals surface area contributed by atoms with Crippen LogP contribution in [0.2, 0.25) is 0 Å². The third-order valence-electron chi connectivity index (χ3n) is 2.82. The molecule has 1 aliphatic heterocycles. The van der Waals surface area contributed by atoms with Crippen molar-refractivity contribution in [2.45, 2.75) is 12.5 Å². The Balaban J connectivity index is 1.71. The average Bonchev–Trinajstić information content (AvgIpc) is 3.01. The van der Waals surface area contributed by atoms with E-state index in [-0.39, 0.29) is 0 Å². The molecule has 17 heavy (non-hydrogen) atoms. The second-order valence-electron chi connectivity index (χ2n) is 4.07. The van der Waals surface area contributed by atoms with Gasteiger partial charge in [-0.25, -0.2) is 0 Å². The van der Waals surface area contributed by atoms with Crippen LogP contribution in [-0.2, 0) is 4.74 Å². The normalized spacial score (nSPS) is 19.4. The molecule has 0 bridgehead atoms. The first kappa shape index (κ1) is 10.3. The topological polar surface area (TPSA) is 52.0 Å². The molecule has 88 valence electrons. The van der Waals surface area contributed by atoms with Gasteiger partial charge in [0, 0.05) is 12.3 Å². The third-order valence-corrected chi connectivity index (χ3v) is 2.82. The maximum absolute atomic E-state index is 5.33. The van der Waals surface area contributed by atoms with Crippen LogP contribution in [0.3, 0.4) is 0 Å². The molecule has 5 nitrogen and oxygen atoms in total. The zero-order valence-electron chi connectivity index (χ0n) is 9.41. The number of rotatable bonds is 3. The fourth-order valence-corrected chi connectivity index (χ4v) is 1.92. The van der Waals surface area contributed by atoms with Gasteiger partial charge in [0.05, 0.1) is 30.7 Å². The SMILES string of the molecule is c1cnn(-c2ccc(NC3CCOC3)cc2)n1. The zero-order valence-corrected chi connectivity index (χ0v) is 9.41. The van der Waals surface area contributed by atoms with Crippen molar-refractivity contribution in [2.75, 3.05) is 18.5 Å². The molecule has 0 spiro atoms. The minimum Gasteiger partial charge on any atom is -0.380 e. The highest BCUT2D eigenvalue weighted by atomic mass is 16.5. The molecule has 3 rings (SSSR count). The van der Waals surface area contributed by atoms with Crippen LogP contribution in [-0.4, -0.2) is 34.2 Å². The lowest BCUT2D eigenvalue weighted by molar-refractivity contribution is 0.195. The van der Waals surface area contributed by atoms with Gasteiger partial charge in [0.1, 0.15) is 0 Å². The highest BCUT2D eigenvalue weighted by molar-refractivity contribution is 5.48. The second-order valence-corrected chi connectivity index (χ2v) is 4.07. The Morgan fingerprint density at radius 3 is 2.59 bits per heavy atom. The van der Waals surface area contributed by atoms with Crippen LogP contribution in [0.1, 0.15) is 6.42 Å². The van der Waals surface area contributed by atoms with Crippen molar-refractivity contribution in [3.63, 3.8) is 0 Å². The molecule has 1 fully saturated rings. The second kappa shape index (κ2) is 4.55. The summed E-state index contributed by atoms with van der Waals surface area (Å²) >= 11 is 0. The molecule has 1 aromatic heterocycles. The molecule has 0 aliphatic carbocycles. The summed E-state index contributed by atoms with van der Waals surface area (Å²) in [5, 5.41) is 11.6. The summed E-state index contributed by atoms with van der Waals surface area (Å²) in [6.07, 6.45) is 4.41. The van der Waals surface area contributed by atoms with Crippen molar-refractivity contribution in [1.82, 2.24) is 15.0 Å². The summed E-state index contributed by atoms with van der Waals surface area (Å²) in [6.45, 7) is 1.65. The Labute approximate surface area is 99.4 Å². The molecule has 0 amide bonds. The number of nitrogens with zero attached hydrogens (tertiary/aromatic N) is 3. The molecule has 1 N–H and O–H groups in total. The van der Waals surface area contributed by atoms with Crippen LogP contribution in [0, 0.1) is 0 Å². The van der Waals surface area contributed by atoms with Gasteiger partial charge < -0.3 is 10.1 Å². The summed E-state index contributed by atoms with van der Waals surface area (Å²) in [7, 11) is 0. The minimum atomic E-state index is 0.434. The molecule has 1 unspecified atom stereocenters. The number of hydrogen-bond donors (Lipinski definition) is 1. The number of benzene rings is 1. The van der Waals surface area contributed by atoms with Gasteiger partial charge in [0.15, 0.2) is 0 Å². The largest absolute Gasteiger partial charge is 0.380 e. The maximum Gasteiger partial charge on any atom is 0.0858 e. The molecular formula is C12H14N4O. The highest BCUT2D eigenvalue weighted by Gasteiger charge is 2.14. The first-order chi connectivity index (χ1) is 8.42. The zero-order chi connectivity index (χ0) is 11.5. The predicted octanol–water partition coefficient (Wildman–Crippen LogP) is 1.47. The Hall–Kier alpha value is -1.88. The molecule has 1 aliphatic rings. The first-order valence-corrected chi connectivity index (χ1v) is 5.73. The van der Waals surface area contributed by atoms with E-state index in [9.17, 15) is 0 Å². The molecule has 2 aromatic rings. The molecule has 1 saturated heterocycles. The van der Waals surface area contributed by atoms with Gasteiger partial charge >= 0.3 is 0 Å². The van der Waals surface area contributed by atoms with Crippen molar-refractivity contribution in [3.8, 4) is 5.69 Å². The molecule has 2 heterocycles. The average molecular weight is 230 g/mol. The summed E-state index contributed by atoms with van der Waals surface area (Å²) in [4.78, 5) is 1.60. The monoisotopic (exact) mass is 230 g/mol. The van der Waals surface area contributed by atoms with Gasteiger partial charge in [-0.3, -0.25) is 0 Å². The first-order valence-electron chi connectivity index (χ1n) is 5.73. The van der Waals surface area contributed by atoms with E-state index in [2.05, 4.69) is 15.5 Å². The van der Waals surface area contributed by atoms with Gasteiger partial charge in [0.25, 0.3) is 0 Å². The lowest BCUT2D eigenvalue weighted by Gasteiger charge is -2.12. The van der Waals surface area contributed by atoms with Crippen LogP contribution in [0.25, 0.3) is 5.69 Å². The fraction of sp³-hybridized carbons (Fsp3) is 0.333. The Morgan fingerprint density at radius 2 is 1.94 bits per heavy atom. The molecule has 0 saturated carbocycles. The number of ether oxygens (including phenoxy) is 1. The predicted molar refractivity (Wildman–Crippen MR) is 64.2 cm³/mol. The van der Waals surface area contributed by atoms with E-state index in [1.807, 2.05) is 24.3 Å². The van der Waals surface area contributed by atoms with Crippen LogP contribution < -0.4 is 5.32 Å². The van der Waals surface area contributed by atoms with E-state index in [0.29, 0.717) is 6.04 Å². The van der Waals surface area contributed by atoms with Crippen molar-refractivity contribution >= 4 is 5.69 Å². The van der Waals surface area contributed by atoms with Crippen LogP contribution >= 0.6 is 0 Å². The van der Waals surface area contributed by atoms with Crippen LogP contribution in [0.15, 0.2) is 36.7 Å². The lowest BCUT2D eigenvalue weighted by Crippen LogP contribution is -2.18. The summed E-state index contributed by atoms with van der Waals surface area (Å²) < 4.78 is 5.33. The molecular weight excluding hydrogens is 216 g/mol. The summed E-state index contributed by atoms with van der Waals surface area (Å²) in [6, 6.07) is 8.51. The maximum atomic E-state index is 5.33. The van der Waals surface area contributed by atoms with E-state index >= 15 is 0 Å². The Bertz CT molecular complexity index is 460. The van der Waals surface area contributed by atoms with Crippen LogP contribution in [0.4, 0.5) is 5.69 Å². The van der Waals surface area contributed by atoms with Crippen LogP contribution in [0.5, 0.6) is 0 Å². The number of hydrogen-bond acceptors (Lipinski definition) is 4. The van der Waals surface area contributed by atoms with E-state index in [4.69, 9.17) is 4.74 Å². The van der Waals surface area contributed by atoms with E-state index in [0.717, 1.165) is 31.0 Å². The quantitative estimate of drug-likeness (QED) is 0.867. The van der Waals surface area contributed by atoms with Gasteiger partial charge in [0.2, 0.25) is 0 Å². The summed E-state index contributed by atoms with van der Waals surface area (Å²) in [5.41, 5.74) is 2.07. The van der Waals surface area contributed by atoms with Crippen molar-refractivity contribution in [3.05, 3.63) is 36.7 Å². The molecule has 0 radical (unpaired) electrons. The van der Waals surface area contributed by atoms with Crippen molar-refractivity contribution < 1.29 is 4.74 Å². The van der Waals surface area contributed by atoms with Gasteiger partial charge in [-0.1, -0.05) is 0 Å². The third kappa shape index (κ3) is 2.29. The number of nitrogens with one attached hydrogen (secondary N) is 1. The van der Waals surface area contributed by atoms with E-state index in [1.165, 1.54) is 0 Å². The Kier molecular flexibility index (Phi) is 2.75. The van der Waals surface area contributed by atoms with Crippen molar-refractivity contribution in [1.29, 1.82) is 0 Å².